The van der Waals surface area contributed by atoms with Crippen LogP contribution in [-0.4, -0.2) is 15.6 Å². The predicted molar refractivity (Wildman–Crippen MR) is 103 cm³/mol. The van der Waals surface area contributed by atoms with Crippen molar-refractivity contribution in [3.8, 4) is 0 Å². The van der Waals surface area contributed by atoms with Gasteiger partial charge in [-0.2, -0.15) is 4.98 Å². The summed E-state index contributed by atoms with van der Waals surface area (Å²) in [6.07, 6.45) is 1.50. The van der Waals surface area contributed by atoms with Crippen molar-refractivity contribution in [3.05, 3.63) is 89.0 Å². The minimum Gasteiger partial charge on any atom is -0.467 e. The number of benzene rings is 2. The molecule has 8 heteroatoms. The average molecular weight is 378 g/mol. The number of para-hydroxylation sites is 1. The number of urea groups is 1. The van der Waals surface area contributed by atoms with Crippen LogP contribution in [0.3, 0.4) is 0 Å². The topological polar surface area (TPSA) is 89.2 Å². The number of carbonyl (C=O) groups is 1. The van der Waals surface area contributed by atoms with Crippen molar-refractivity contribution >= 4 is 28.4 Å². The molecule has 2 aromatic carbocycles. The SMILES string of the molecule is O=C(Nc1ccc(F)cc1)Nc1c2ccccc2nc(=O)n1Cc1ccco1. The van der Waals surface area contributed by atoms with Gasteiger partial charge in [0, 0.05) is 11.1 Å². The Kier molecular flexibility index (Phi) is 4.59. The second kappa shape index (κ2) is 7.36. The molecule has 28 heavy (non-hydrogen) atoms. The maximum Gasteiger partial charge on any atom is 0.350 e. The predicted octanol–water partition coefficient (Wildman–Crippen LogP) is 3.82. The summed E-state index contributed by atoms with van der Waals surface area (Å²) in [6, 6.07) is 15.2. The van der Waals surface area contributed by atoms with Gasteiger partial charge in [-0.3, -0.25) is 9.88 Å². The summed E-state index contributed by atoms with van der Waals surface area (Å²) in [5, 5.41) is 5.92. The highest BCUT2D eigenvalue weighted by Crippen LogP contribution is 2.21. The van der Waals surface area contributed by atoms with E-state index in [4.69, 9.17) is 4.42 Å². The first-order chi connectivity index (χ1) is 13.6. The molecule has 0 spiro atoms. The van der Waals surface area contributed by atoms with Crippen molar-refractivity contribution in [2.75, 3.05) is 10.6 Å². The molecule has 2 N–H and O–H groups in total. The first-order valence-electron chi connectivity index (χ1n) is 8.46. The highest BCUT2D eigenvalue weighted by Gasteiger charge is 2.15. The zero-order valence-electron chi connectivity index (χ0n) is 14.6. The minimum absolute atomic E-state index is 0.107. The van der Waals surface area contributed by atoms with Crippen molar-refractivity contribution in [2.45, 2.75) is 6.54 Å². The Bertz CT molecular complexity index is 1180. The van der Waals surface area contributed by atoms with Crippen LogP contribution in [0.4, 0.5) is 20.7 Å². The number of nitrogens with one attached hydrogen (secondary N) is 2. The van der Waals surface area contributed by atoms with E-state index in [0.717, 1.165) is 0 Å². The Morgan fingerprint density at radius 1 is 1.04 bits per heavy atom. The molecule has 0 bridgehead atoms. The van der Waals surface area contributed by atoms with E-state index in [1.165, 1.54) is 35.1 Å². The molecule has 0 atom stereocenters. The third-order valence-electron chi connectivity index (χ3n) is 4.10. The number of rotatable bonds is 4. The van der Waals surface area contributed by atoms with Crippen molar-refractivity contribution in [2.24, 2.45) is 0 Å². The number of hydrogen-bond donors (Lipinski definition) is 2. The van der Waals surface area contributed by atoms with Crippen LogP contribution in [-0.2, 0) is 6.54 Å². The molecule has 0 unspecified atom stereocenters. The van der Waals surface area contributed by atoms with Gasteiger partial charge >= 0.3 is 11.7 Å². The highest BCUT2D eigenvalue weighted by molar-refractivity contribution is 6.04. The van der Waals surface area contributed by atoms with Crippen molar-refractivity contribution < 1.29 is 13.6 Å². The van der Waals surface area contributed by atoms with Gasteiger partial charge in [0.2, 0.25) is 0 Å². The number of fused-ring (bicyclic) bond motifs is 1. The second-order valence-electron chi connectivity index (χ2n) is 6.01. The van der Waals surface area contributed by atoms with E-state index in [9.17, 15) is 14.0 Å². The summed E-state index contributed by atoms with van der Waals surface area (Å²) in [4.78, 5) is 29.1. The number of furan rings is 1. The number of hydrogen-bond acceptors (Lipinski definition) is 4. The van der Waals surface area contributed by atoms with E-state index < -0.39 is 17.5 Å². The molecular weight excluding hydrogens is 363 g/mol. The van der Waals surface area contributed by atoms with Gasteiger partial charge in [0.15, 0.2) is 0 Å². The molecule has 0 fully saturated rings. The van der Waals surface area contributed by atoms with Gasteiger partial charge < -0.3 is 9.73 Å². The number of anilines is 2. The van der Waals surface area contributed by atoms with Crippen LogP contribution in [0, 0.1) is 5.82 Å². The number of amides is 2. The van der Waals surface area contributed by atoms with E-state index in [1.54, 1.807) is 36.4 Å². The average Bonchev–Trinajstić information content (AvgIpc) is 3.19. The van der Waals surface area contributed by atoms with Gasteiger partial charge in [-0.1, -0.05) is 12.1 Å². The quantitative estimate of drug-likeness (QED) is 0.565. The Morgan fingerprint density at radius 2 is 1.82 bits per heavy atom. The van der Waals surface area contributed by atoms with Crippen molar-refractivity contribution in [1.29, 1.82) is 0 Å². The van der Waals surface area contributed by atoms with Crippen LogP contribution >= 0.6 is 0 Å². The van der Waals surface area contributed by atoms with Gasteiger partial charge in [-0.05, 0) is 48.5 Å². The smallest absolute Gasteiger partial charge is 0.350 e. The normalized spacial score (nSPS) is 10.8. The Morgan fingerprint density at radius 3 is 2.57 bits per heavy atom. The lowest BCUT2D eigenvalue weighted by Gasteiger charge is -2.15. The first kappa shape index (κ1) is 17.5. The summed E-state index contributed by atoms with van der Waals surface area (Å²) in [5.41, 5.74) is 0.352. The maximum absolute atomic E-state index is 13.0. The molecule has 0 radical (unpaired) electrons. The standard InChI is InChI=1S/C20H15FN4O3/c21-13-7-9-14(10-8-13)22-19(26)24-18-16-5-1-2-6-17(16)23-20(27)25(18)12-15-4-3-11-28-15/h1-11H,12H2,(H2,22,24,26). The van der Waals surface area contributed by atoms with Gasteiger partial charge in [-0.25, -0.2) is 14.0 Å². The fraction of sp³-hybridized carbons (Fsp3) is 0.0500. The zero-order chi connectivity index (χ0) is 19.5. The van der Waals surface area contributed by atoms with Gasteiger partial charge in [0.05, 0.1) is 18.3 Å². The van der Waals surface area contributed by atoms with Gasteiger partial charge in [0.25, 0.3) is 0 Å². The van der Waals surface area contributed by atoms with Crippen molar-refractivity contribution in [3.63, 3.8) is 0 Å². The largest absolute Gasteiger partial charge is 0.467 e. The van der Waals surface area contributed by atoms with Crippen LogP contribution < -0.4 is 16.3 Å². The van der Waals surface area contributed by atoms with Crippen LogP contribution in [0.25, 0.3) is 10.9 Å². The number of nitrogens with zero attached hydrogens (tertiary/aromatic N) is 2. The summed E-state index contributed by atoms with van der Waals surface area (Å²) in [7, 11) is 0. The molecule has 0 saturated heterocycles. The molecule has 0 aliphatic heterocycles. The lowest BCUT2D eigenvalue weighted by Crippen LogP contribution is -2.30. The molecule has 2 amide bonds. The first-order valence-corrected chi connectivity index (χ1v) is 8.46. The minimum atomic E-state index is -0.574. The van der Waals surface area contributed by atoms with Crippen molar-refractivity contribution in [1.82, 2.24) is 9.55 Å². The van der Waals surface area contributed by atoms with E-state index in [1.807, 2.05) is 0 Å². The summed E-state index contributed by atoms with van der Waals surface area (Å²) in [5.74, 6) is 0.422. The lowest BCUT2D eigenvalue weighted by atomic mass is 10.2. The second-order valence-corrected chi connectivity index (χ2v) is 6.01. The molecule has 4 rings (SSSR count). The number of carbonyl (C=O) groups excluding carboxylic acids is 1. The zero-order valence-corrected chi connectivity index (χ0v) is 14.6. The fourth-order valence-corrected chi connectivity index (χ4v) is 2.82. The molecule has 2 aromatic heterocycles. The van der Waals surface area contributed by atoms with E-state index in [-0.39, 0.29) is 12.4 Å². The third kappa shape index (κ3) is 3.61. The molecule has 140 valence electrons. The maximum atomic E-state index is 13.0. The Balaban J connectivity index is 1.71. The molecule has 0 aliphatic carbocycles. The van der Waals surface area contributed by atoms with Crippen LogP contribution in [0.5, 0.6) is 0 Å². The molecule has 4 aromatic rings. The Hall–Kier alpha value is -3.94. The number of halogens is 1. The van der Waals surface area contributed by atoms with Crippen LogP contribution in [0.2, 0.25) is 0 Å². The van der Waals surface area contributed by atoms with E-state index in [2.05, 4.69) is 15.6 Å². The van der Waals surface area contributed by atoms with Gasteiger partial charge in [0.1, 0.15) is 17.4 Å². The van der Waals surface area contributed by atoms with E-state index >= 15 is 0 Å². The highest BCUT2D eigenvalue weighted by atomic mass is 19.1. The lowest BCUT2D eigenvalue weighted by molar-refractivity contribution is 0.262. The van der Waals surface area contributed by atoms with Crippen LogP contribution in [0.1, 0.15) is 5.76 Å². The third-order valence-corrected chi connectivity index (χ3v) is 4.10. The van der Waals surface area contributed by atoms with E-state index in [0.29, 0.717) is 22.4 Å². The fourth-order valence-electron chi connectivity index (χ4n) is 2.82. The molecule has 0 aliphatic rings. The monoisotopic (exact) mass is 378 g/mol. The molecular formula is C20H15FN4O3. The Labute approximate surface area is 158 Å². The van der Waals surface area contributed by atoms with Crippen LogP contribution in [0.15, 0.2) is 76.1 Å². The summed E-state index contributed by atoms with van der Waals surface area (Å²) >= 11 is 0. The summed E-state index contributed by atoms with van der Waals surface area (Å²) < 4.78 is 19.7. The molecule has 0 saturated carbocycles. The molecule has 7 nitrogen and oxygen atoms in total. The molecule has 2 heterocycles. The van der Waals surface area contributed by atoms with Gasteiger partial charge in [-0.15, -0.1) is 0 Å². The number of aromatic nitrogens is 2. The summed E-state index contributed by atoms with van der Waals surface area (Å²) in [6.45, 7) is 0.107.